The lowest BCUT2D eigenvalue weighted by molar-refractivity contribution is -0.137. The lowest BCUT2D eigenvalue weighted by Crippen LogP contribution is -2.39. The summed E-state index contributed by atoms with van der Waals surface area (Å²) in [5.41, 5.74) is 0.102. The van der Waals surface area contributed by atoms with E-state index in [9.17, 15) is 13.2 Å². The Balaban J connectivity index is 0.00000441. The molecule has 0 atom stereocenters. The molecule has 0 aliphatic rings. The van der Waals surface area contributed by atoms with Crippen LogP contribution in [0.5, 0.6) is 0 Å². The van der Waals surface area contributed by atoms with E-state index in [0.29, 0.717) is 18.4 Å². The highest BCUT2D eigenvalue weighted by Crippen LogP contribution is 2.29. The molecule has 0 heterocycles. The quantitative estimate of drug-likeness (QED) is 0.421. The summed E-state index contributed by atoms with van der Waals surface area (Å²) in [6.07, 6.45) is -4.30. The summed E-state index contributed by atoms with van der Waals surface area (Å²) in [6, 6.07) is 5.08. The van der Waals surface area contributed by atoms with Gasteiger partial charge in [0.05, 0.1) is 12.1 Å². The van der Waals surface area contributed by atoms with Crippen molar-refractivity contribution in [2.45, 2.75) is 33.5 Å². The van der Waals surface area contributed by atoms with E-state index in [-0.39, 0.29) is 24.0 Å². The van der Waals surface area contributed by atoms with Gasteiger partial charge in [-0.15, -0.1) is 24.0 Å². The normalized spacial score (nSPS) is 12.0. The van der Waals surface area contributed by atoms with Crippen LogP contribution < -0.4 is 10.6 Å². The SMILES string of the molecule is CCNC(=NCc1ccc(C(F)(F)F)cc1)NCC(C)C.I. The fourth-order valence-electron chi connectivity index (χ4n) is 1.61. The molecule has 0 saturated heterocycles. The van der Waals surface area contributed by atoms with E-state index in [4.69, 9.17) is 0 Å². The van der Waals surface area contributed by atoms with Gasteiger partial charge in [-0.25, -0.2) is 4.99 Å². The molecule has 22 heavy (non-hydrogen) atoms. The van der Waals surface area contributed by atoms with Gasteiger partial charge in [0.25, 0.3) is 0 Å². The summed E-state index contributed by atoms with van der Waals surface area (Å²) in [4.78, 5) is 4.36. The zero-order chi connectivity index (χ0) is 15.9. The highest BCUT2D eigenvalue weighted by Gasteiger charge is 2.29. The summed E-state index contributed by atoms with van der Waals surface area (Å²) in [7, 11) is 0. The molecule has 3 nitrogen and oxygen atoms in total. The Labute approximate surface area is 146 Å². The van der Waals surface area contributed by atoms with E-state index < -0.39 is 11.7 Å². The van der Waals surface area contributed by atoms with Crippen molar-refractivity contribution >= 4 is 29.9 Å². The summed E-state index contributed by atoms with van der Waals surface area (Å²) >= 11 is 0. The van der Waals surface area contributed by atoms with Crippen LogP contribution in [0.4, 0.5) is 13.2 Å². The van der Waals surface area contributed by atoms with Crippen molar-refractivity contribution in [3.05, 3.63) is 35.4 Å². The Morgan fingerprint density at radius 3 is 2.18 bits per heavy atom. The molecule has 0 fully saturated rings. The Kier molecular flexibility index (Phi) is 9.47. The molecule has 0 saturated carbocycles. The number of benzene rings is 1. The molecule has 0 aliphatic carbocycles. The third-order valence-electron chi connectivity index (χ3n) is 2.72. The molecular weight excluding hydrogens is 406 g/mol. The first-order valence-corrected chi connectivity index (χ1v) is 7.01. The molecule has 1 aromatic rings. The van der Waals surface area contributed by atoms with Crippen molar-refractivity contribution in [1.29, 1.82) is 0 Å². The molecule has 0 radical (unpaired) electrons. The van der Waals surface area contributed by atoms with Gasteiger partial charge in [0.2, 0.25) is 0 Å². The van der Waals surface area contributed by atoms with E-state index in [0.717, 1.165) is 30.8 Å². The van der Waals surface area contributed by atoms with E-state index >= 15 is 0 Å². The van der Waals surface area contributed by atoms with Crippen molar-refractivity contribution in [3.8, 4) is 0 Å². The smallest absolute Gasteiger partial charge is 0.357 e. The average molecular weight is 429 g/mol. The zero-order valence-corrected chi connectivity index (χ0v) is 15.3. The van der Waals surface area contributed by atoms with Crippen LogP contribution in [0.1, 0.15) is 31.9 Å². The first kappa shape index (κ1) is 21.0. The number of hydrogen-bond acceptors (Lipinski definition) is 1. The number of aliphatic imine (C=N–C) groups is 1. The lowest BCUT2D eigenvalue weighted by Gasteiger charge is -2.13. The number of nitrogens with zero attached hydrogens (tertiary/aromatic N) is 1. The third-order valence-corrected chi connectivity index (χ3v) is 2.72. The number of hydrogen-bond donors (Lipinski definition) is 2. The number of guanidine groups is 1. The van der Waals surface area contributed by atoms with E-state index in [1.165, 1.54) is 12.1 Å². The van der Waals surface area contributed by atoms with E-state index in [1.807, 2.05) is 6.92 Å². The van der Waals surface area contributed by atoms with Gasteiger partial charge in [0, 0.05) is 13.1 Å². The molecule has 0 spiro atoms. The van der Waals surface area contributed by atoms with Crippen LogP contribution in [-0.4, -0.2) is 19.0 Å². The largest absolute Gasteiger partial charge is 0.416 e. The highest BCUT2D eigenvalue weighted by atomic mass is 127. The fraction of sp³-hybridized carbons (Fsp3) is 0.533. The predicted molar refractivity (Wildman–Crippen MR) is 94.5 cm³/mol. The van der Waals surface area contributed by atoms with Crippen LogP contribution in [0.15, 0.2) is 29.3 Å². The maximum atomic E-state index is 12.5. The topological polar surface area (TPSA) is 36.4 Å². The predicted octanol–water partition coefficient (Wildman–Crippen LogP) is 4.03. The number of alkyl halides is 3. The van der Waals surface area contributed by atoms with E-state index in [2.05, 4.69) is 29.5 Å². The van der Waals surface area contributed by atoms with Crippen molar-refractivity contribution < 1.29 is 13.2 Å². The Hall–Kier alpha value is -0.990. The molecule has 0 aliphatic heterocycles. The lowest BCUT2D eigenvalue weighted by atomic mass is 10.1. The molecule has 0 aromatic heterocycles. The van der Waals surface area contributed by atoms with Crippen molar-refractivity contribution in [3.63, 3.8) is 0 Å². The molecule has 1 aromatic carbocycles. The van der Waals surface area contributed by atoms with Gasteiger partial charge in [0.15, 0.2) is 5.96 Å². The standard InChI is InChI=1S/C15H22F3N3.HI/c1-4-19-14(20-9-11(2)3)21-10-12-5-7-13(8-6-12)15(16,17)18;/h5-8,11H,4,9-10H2,1-3H3,(H2,19,20,21);1H. The Morgan fingerprint density at radius 1 is 1.14 bits per heavy atom. The van der Waals surface area contributed by atoms with Gasteiger partial charge in [-0.3, -0.25) is 0 Å². The van der Waals surface area contributed by atoms with Gasteiger partial charge in [0.1, 0.15) is 0 Å². The van der Waals surface area contributed by atoms with Crippen LogP contribution in [0.3, 0.4) is 0 Å². The second-order valence-electron chi connectivity index (χ2n) is 5.16. The molecule has 126 valence electrons. The van der Waals surface area contributed by atoms with Gasteiger partial charge in [-0.2, -0.15) is 13.2 Å². The van der Waals surface area contributed by atoms with Gasteiger partial charge in [-0.05, 0) is 30.5 Å². The van der Waals surface area contributed by atoms with Crippen LogP contribution >= 0.6 is 24.0 Å². The Morgan fingerprint density at radius 2 is 1.73 bits per heavy atom. The number of nitrogens with one attached hydrogen (secondary N) is 2. The maximum absolute atomic E-state index is 12.5. The molecule has 0 unspecified atom stereocenters. The van der Waals surface area contributed by atoms with Crippen molar-refractivity contribution in [2.24, 2.45) is 10.9 Å². The van der Waals surface area contributed by atoms with Crippen LogP contribution in [-0.2, 0) is 12.7 Å². The summed E-state index contributed by atoms with van der Waals surface area (Å²) in [5.74, 6) is 1.16. The van der Waals surface area contributed by atoms with Gasteiger partial charge < -0.3 is 10.6 Å². The first-order valence-electron chi connectivity index (χ1n) is 7.01. The van der Waals surface area contributed by atoms with E-state index in [1.54, 1.807) is 0 Å². The van der Waals surface area contributed by atoms with Gasteiger partial charge >= 0.3 is 6.18 Å². The average Bonchev–Trinajstić information content (AvgIpc) is 2.41. The zero-order valence-electron chi connectivity index (χ0n) is 13.0. The van der Waals surface area contributed by atoms with Crippen LogP contribution in [0.25, 0.3) is 0 Å². The minimum absolute atomic E-state index is 0. The maximum Gasteiger partial charge on any atom is 0.416 e. The number of rotatable bonds is 5. The summed E-state index contributed by atoms with van der Waals surface area (Å²) in [6.45, 7) is 8.00. The monoisotopic (exact) mass is 429 g/mol. The van der Waals surface area contributed by atoms with Crippen LogP contribution in [0, 0.1) is 5.92 Å². The Bertz CT molecular complexity index is 456. The second kappa shape index (κ2) is 9.91. The minimum atomic E-state index is -4.30. The number of halogens is 4. The molecule has 1 rings (SSSR count). The summed E-state index contributed by atoms with van der Waals surface area (Å²) < 4.78 is 37.4. The molecule has 0 bridgehead atoms. The van der Waals surface area contributed by atoms with Crippen molar-refractivity contribution in [1.82, 2.24) is 10.6 Å². The van der Waals surface area contributed by atoms with Gasteiger partial charge in [-0.1, -0.05) is 26.0 Å². The first-order chi connectivity index (χ1) is 9.82. The van der Waals surface area contributed by atoms with Crippen LogP contribution in [0.2, 0.25) is 0 Å². The molecular formula is C15H23F3IN3. The second-order valence-corrected chi connectivity index (χ2v) is 5.16. The summed E-state index contributed by atoms with van der Waals surface area (Å²) in [5, 5.41) is 6.29. The fourth-order valence-corrected chi connectivity index (χ4v) is 1.61. The highest BCUT2D eigenvalue weighted by molar-refractivity contribution is 14.0. The molecule has 0 amide bonds. The molecule has 2 N–H and O–H groups in total. The van der Waals surface area contributed by atoms with Crippen molar-refractivity contribution in [2.75, 3.05) is 13.1 Å². The molecule has 7 heteroatoms. The third kappa shape index (κ3) is 7.86. The minimum Gasteiger partial charge on any atom is -0.357 e.